The van der Waals surface area contributed by atoms with Gasteiger partial charge in [-0.3, -0.25) is 14.2 Å². The average Bonchev–Trinajstić information content (AvgIpc) is 3.41. The molecule has 4 aromatic rings. The molecule has 3 aromatic heterocycles. The van der Waals surface area contributed by atoms with E-state index in [1.807, 2.05) is 13.8 Å². The van der Waals surface area contributed by atoms with Crippen molar-refractivity contribution in [3.8, 4) is 0 Å². The number of aromatic nitrogens is 4. The van der Waals surface area contributed by atoms with E-state index >= 15 is 0 Å². The van der Waals surface area contributed by atoms with Crippen molar-refractivity contribution in [3.05, 3.63) is 84.8 Å². The Morgan fingerprint density at radius 1 is 1.19 bits per heavy atom. The van der Waals surface area contributed by atoms with Gasteiger partial charge in [-0.05, 0) is 70.0 Å². The zero-order chi connectivity index (χ0) is 23.0. The number of halogens is 4. The maximum Gasteiger partial charge on any atom is 0.292 e. The van der Waals surface area contributed by atoms with Gasteiger partial charge < -0.3 is 9.73 Å². The van der Waals surface area contributed by atoms with E-state index in [4.69, 9.17) is 16.0 Å². The Balaban J connectivity index is 1.46. The number of hydrogen-bond donors (Lipinski definition) is 1. The molecule has 7 nitrogen and oxygen atoms in total. The Hall–Kier alpha value is -2.43. The number of amides is 1. The summed E-state index contributed by atoms with van der Waals surface area (Å²) in [5.74, 6) is 0.127. The Labute approximate surface area is 204 Å². The van der Waals surface area contributed by atoms with Crippen LogP contribution in [0.3, 0.4) is 0 Å². The minimum atomic E-state index is -0.458. The van der Waals surface area contributed by atoms with Crippen molar-refractivity contribution in [1.29, 1.82) is 0 Å². The van der Waals surface area contributed by atoms with Crippen LogP contribution in [0.4, 0.5) is 10.2 Å². The lowest BCUT2D eigenvalue weighted by atomic mass is 10.2. The highest BCUT2D eigenvalue weighted by molar-refractivity contribution is 9.11. The fraction of sp³-hybridized carbons (Fsp3) is 0.190. The van der Waals surface area contributed by atoms with Crippen molar-refractivity contribution < 1.29 is 13.6 Å². The van der Waals surface area contributed by atoms with Gasteiger partial charge in [0.2, 0.25) is 0 Å². The van der Waals surface area contributed by atoms with E-state index in [-0.39, 0.29) is 18.1 Å². The van der Waals surface area contributed by atoms with E-state index in [0.717, 1.165) is 15.9 Å². The normalized spacial score (nSPS) is 11.2. The molecule has 32 heavy (non-hydrogen) atoms. The van der Waals surface area contributed by atoms with E-state index in [9.17, 15) is 9.18 Å². The summed E-state index contributed by atoms with van der Waals surface area (Å²) in [6, 6.07) is 7.81. The number of nitrogens with one attached hydrogen (secondary N) is 1. The number of benzene rings is 1. The molecule has 0 bridgehead atoms. The molecule has 0 unspecified atom stereocenters. The van der Waals surface area contributed by atoms with Crippen LogP contribution >= 0.6 is 43.5 Å². The number of aryl methyl sites for hydroxylation is 1. The highest BCUT2D eigenvalue weighted by Crippen LogP contribution is 2.25. The van der Waals surface area contributed by atoms with E-state index in [2.05, 4.69) is 47.4 Å². The molecule has 0 saturated carbocycles. The quantitative estimate of drug-likeness (QED) is 0.303. The van der Waals surface area contributed by atoms with Crippen LogP contribution in [0.2, 0.25) is 5.02 Å². The lowest BCUT2D eigenvalue weighted by Gasteiger charge is -2.06. The highest BCUT2D eigenvalue weighted by atomic mass is 79.9. The Bertz CT molecular complexity index is 1290. The number of furan rings is 1. The van der Waals surface area contributed by atoms with Gasteiger partial charge in [0.1, 0.15) is 11.6 Å². The van der Waals surface area contributed by atoms with Crippen molar-refractivity contribution in [2.45, 2.75) is 26.9 Å². The van der Waals surface area contributed by atoms with Gasteiger partial charge in [0.15, 0.2) is 11.6 Å². The van der Waals surface area contributed by atoms with Crippen molar-refractivity contribution >= 4 is 55.2 Å². The molecule has 0 atom stereocenters. The first-order chi connectivity index (χ1) is 15.2. The van der Waals surface area contributed by atoms with Crippen LogP contribution < -0.4 is 5.32 Å². The second-order valence-electron chi connectivity index (χ2n) is 7.09. The van der Waals surface area contributed by atoms with Crippen molar-refractivity contribution in [3.63, 3.8) is 0 Å². The molecular weight excluding hydrogens is 569 g/mol. The van der Waals surface area contributed by atoms with Crippen LogP contribution in [0.1, 0.15) is 33.3 Å². The van der Waals surface area contributed by atoms with Crippen LogP contribution in [0.15, 0.2) is 49.9 Å². The molecule has 1 amide bonds. The van der Waals surface area contributed by atoms with Gasteiger partial charge in [0.05, 0.1) is 33.4 Å². The fourth-order valence-electron chi connectivity index (χ4n) is 3.14. The number of anilines is 1. The third-order valence-electron chi connectivity index (χ3n) is 4.81. The fourth-order valence-corrected chi connectivity index (χ4v) is 4.06. The SMILES string of the molecule is Cc1nn(Cc2ccc(C(=O)Nc3nn(Cc4c(F)cccc4Cl)cc3Br)o2)c(C)c1Br. The molecule has 3 heterocycles. The number of hydrogen-bond acceptors (Lipinski definition) is 4. The van der Waals surface area contributed by atoms with Gasteiger partial charge in [-0.2, -0.15) is 10.2 Å². The minimum absolute atomic E-state index is 0.114. The van der Waals surface area contributed by atoms with Crippen molar-refractivity contribution in [2.24, 2.45) is 0 Å². The van der Waals surface area contributed by atoms with E-state index in [0.29, 0.717) is 27.4 Å². The smallest absolute Gasteiger partial charge is 0.292 e. The highest BCUT2D eigenvalue weighted by Gasteiger charge is 2.18. The summed E-state index contributed by atoms with van der Waals surface area (Å²) >= 11 is 12.9. The molecule has 0 fully saturated rings. The Kier molecular flexibility index (Phi) is 6.55. The third kappa shape index (κ3) is 4.67. The third-order valence-corrected chi connectivity index (χ3v) is 6.90. The summed E-state index contributed by atoms with van der Waals surface area (Å²) in [5, 5.41) is 11.7. The largest absolute Gasteiger partial charge is 0.454 e. The van der Waals surface area contributed by atoms with Gasteiger partial charge >= 0.3 is 0 Å². The summed E-state index contributed by atoms with van der Waals surface area (Å²) < 4.78 is 24.5. The zero-order valence-corrected chi connectivity index (χ0v) is 20.9. The van der Waals surface area contributed by atoms with Gasteiger partial charge in [0, 0.05) is 16.8 Å². The average molecular weight is 586 g/mol. The molecule has 0 saturated heterocycles. The minimum Gasteiger partial charge on any atom is -0.454 e. The summed E-state index contributed by atoms with van der Waals surface area (Å²) in [7, 11) is 0. The standard InChI is InChI=1S/C21H17Br2ClFN5O2/c1-11-19(23)12(2)30(27-11)8-13-6-7-18(32-13)21(31)26-20-15(22)10-29(28-20)9-14-16(24)4-3-5-17(14)25/h3-7,10H,8-9H2,1-2H3,(H,26,28,31). The maximum atomic E-state index is 14.1. The molecule has 11 heteroatoms. The summed E-state index contributed by atoms with van der Waals surface area (Å²) in [6.07, 6.45) is 1.63. The molecule has 4 rings (SSSR count). The Morgan fingerprint density at radius 2 is 1.97 bits per heavy atom. The summed E-state index contributed by atoms with van der Waals surface area (Å²) in [4.78, 5) is 12.6. The summed E-state index contributed by atoms with van der Waals surface area (Å²) in [6.45, 7) is 4.37. The van der Waals surface area contributed by atoms with Crippen molar-refractivity contribution in [1.82, 2.24) is 19.6 Å². The molecule has 1 aromatic carbocycles. The number of carbonyl (C=O) groups is 1. The molecule has 0 radical (unpaired) electrons. The molecule has 0 aliphatic heterocycles. The molecule has 1 N–H and O–H groups in total. The topological polar surface area (TPSA) is 77.9 Å². The predicted octanol–water partition coefficient (Wildman–Crippen LogP) is 5.96. The van der Waals surface area contributed by atoms with Crippen LogP contribution in [0.25, 0.3) is 0 Å². The van der Waals surface area contributed by atoms with Crippen LogP contribution in [-0.4, -0.2) is 25.5 Å². The maximum absolute atomic E-state index is 14.1. The second-order valence-corrected chi connectivity index (χ2v) is 9.14. The lowest BCUT2D eigenvalue weighted by Crippen LogP contribution is -2.12. The number of nitrogens with zero attached hydrogens (tertiary/aromatic N) is 4. The van der Waals surface area contributed by atoms with E-state index in [1.165, 1.54) is 16.8 Å². The van der Waals surface area contributed by atoms with Crippen LogP contribution in [-0.2, 0) is 13.1 Å². The molecule has 0 aliphatic rings. The molecule has 166 valence electrons. The van der Waals surface area contributed by atoms with Crippen LogP contribution in [0, 0.1) is 19.7 Å². The van der Waals surface area contributed by atoms with Gasteiger partial charge in [-0.15, -0.1) is 0 Å². The van der Waals surface area contributed by atoms with E-state index < -0.39 is 11.7 Å². The second kappa shape index (κ2) is 9.21. The van der Waals surface area contributed by atoms with Gasteiger partial charge in [0.25, 0.3) is 5.91 Å². The van der Waals surface area contributed by atoms with Gasteiger partial charge in [-0.1, -0.05) is 17.7 Å². The zero-order valence-electron chi connectivity index (χ0n) is 17.0. The first-order valence-electron chi connectivity index (χ1n) is 9.48. The Morgan fingerprint density at radius 3 is 2.66 bits per heavy atom. The molecule has 0 aliphatic carbocycles. The van der Waals surface area contributed by atoms with Gasteiger partial charge in [-0.25, -0.2) is 4.39 Å². The van der Waals surface area contributed by atoms with Crippen molar-refractivity contribution in [2.75, 3.05) is 5.32 Å². The predicted molar refractivity (Wildman–Crippen MR) is 126 cm³/mol. The monoisotopic (exact) mass is 583 g/mol. The van der Waals surface area contributed by atoms with Crippen LogP contribution in [0.5, 0.6) is 0 Å². The first kappa shape index (κ1) is 22.8. The number of carbonyl (C=O) groups excluding carboxylic acids is 1. The van der Waals surface area contributed by atoms with E-state index in [1.54, 1.807) is 29.1 Å². The first-order valence-corrected chi connectivity index (χ1v) is 11.4. The lowest BCUT2D eigenvalue weighted by molar-refractivity contribution is 0.0994. The number of rotatable bonds is 6. The molecular formula is C21H17Br2ClFN5O2. The molecule has 0 spiro atoms. The summed E-state index contributed by atoms with van der Waals surface area (Å²) in [5.41, 5.74) is 2.16.